The number of carbonyl (C=O) groups excluding carboxylic acids is 2. The average Bonchev–Trinajstić information content (AvgIpc) is 3.43. The molecule has 0 bridgehead atoms. The lowest BCUT2D eigenvalue weighted by molar-refractivity contribution is -0.128. The highest BCUT2D eigenvalue weighted by molar-refractivity contribution is 7.71. The summed E-state index contributed by atoms with van der Waals surface area (Å²) in [6.07, 6.45) is 1.82. The third-order valence-corrected chi connectivity index (χ3v) is 6.00. The molecule has 0 atom stereocenters. The van der Waals surface area contributed by atoms with Crippen molar-refractivity contribution in [3.8, 4) is 10.7 Å². The van der Waals surface area contributed by atoms with Crippen LogP contribution in [0.3, 0.4) is 0 Å². The van der Waals surface area contributed by atoms with Gasteiger partial charge in [0.1, 0.15) is 0 Å². The maximum absolute atomic E-state index is 12.5. The van der Waals surface area contributed by atoms with E-state index < -0.39 is 0 Å². The summed E-state index contributed by atoms with van der Waals surface area (Å²) >= 11 is 6.89. The summed E-state index contributed by atoms with van der Waals surface area (Å²) in [5.41, 5.74) is 1.74. The van der Waals surface area contributed by atoms with E-state index in [9.17, 15) is 9.59 Å². The van der Waals surface area contributed by atoms with Crippen LogP contribution in [0, 0.1) is 4.77 Å². The van der Waals surface area contributed by atoms with E-state index in [0.29, 0.717) is 24.3 Å². The first-order chi connectivity index (χ1) is 14.1. The minimum atomic E-state index is -0.0976. The molecule has 9 heteroatoms. The molecule has 2 amide bonds. The molecule has 0 unspecified atom stereocenters. The lowest BCUT2D eigenvalue weighted by atomic mass is 10.2. The zero-order valence-electron chi connectivity index (χ0n) is 15.8. The molecule has 1 aliphatic rings. The van der Waals surface area contributed by atoms with Gasteiger partial charge in [0.25, 0.3) is 0 Å². The van der Waals surface area contributed by atoms with Crippen molar-refractivity contribution in [2.45, 2.75) is 32.4 Å². The zero-order chi connectivity index (χ0) is 20.2. The molecule has 0 saturated carbocycles. The fraction of sp³-hybridized carbons (Fsp3) is 0.300. The predicted octanol–water partition coefficient (Wildman–Crippen LogP) is 3.82. The number of hydrogen-bond donors (Lipinski definition) is 2. The summed E-state index contributed by atoms with van der Waals surface area (Å²) in [4.78, 5) is 27.1. The van der Waals surface area contributed by atoms with Crippen LogP contribution in [0.4, 0.5) is 5.69 Å². The number of aromatic nitrogens is 3. The molecule has 3 heterocycles. The molecule has 29 heavy (non-hydrogen) atoms. The van der Waals surface area contributed by atoms with Crippen molar-refractivity contribution in [2.75, 3.05) is 11.9 Å². The Labute approximate surface area is 177 Å². The second kappa shape index (κ2) is 8.71. The van der Waals surface area contributed by atoms with E-state index in [1.165, 1.54) is 0 Å². The van der Waals surface area contributed by atoms with Gasteiger partial charge in [-0.3, -0.25) is 19.3 Å². The van der Waals surface area contributed by atoms with E-state index in [1.54, 1.807) is 11.3 Å². The number of thiophene rings is 1. The summed E-state index contributed by atoms with van der Waals surface area (Å²) in [6.45, 7) is 1.82. The molecule has 1 aromatic carbocycles. The first-order valence-corrected chi connectivity index (χ1v) is 10.7. The Balaban J connectivity index is 1.37. The number of likely N-dealkylation sites (tertiary alicyclic amines) is 1. The quantitative estimate of drug-likeness (QED) is 0.562. The maximum atomic E-state index is 12.5. The largest absolute Gasteiger partial charge is 0.338 e. The number of rotatable bonds is 7. The van der Waals surface area contributed by atoms with E-state index in [-0.39, 0.29) is 18.2 Å². The Hall–Kier alpha value is -2.78. The highest BCUT2D eigenvalue weighted by Crippen LogP contribution is 2.23. The number of hydrogen-bond acceptors (Lipinski definition) is 5. The van der Waals surface area contributed by atoms with Gasteiger partial charge in [0, 0.05) is 38.2 Å². The Morgan fingerprint density at radius 3 is 2.97 bits per heavy atom. The monoisotopic (exact) mass is 427 g/mol. The van der Waals surface area contributed by atoms with E-state index >= 15 is 0 Å². The number of nitrogens with one attached hydrogen (secondary N) is 2. The Morgan fingerprint density at radius 2 is 2.21 bits per heavy atom. The van der Waals surface area contributed by atoms with Gasteiger partial charge < -0.3 is 10.2 Å². The lowest BCUT2D eigenvalue weighted by Crippen LogP contribution is -2.23. The molecule has 2 N–H and O–H groups in total. The first kappa shape index (κ1) is 19.5. The van der Waals surface area contributed by atoms with Crippen molar-refractivity contribution < 1.29 is 9.59 Å². The van der Waals surface area contributed by atoms with Crippen LogP contribution in [-0.2, 0) is 22.7 Å². The Bertz CT molecular complexity index is 1070. The molecule has 1 saturated heterocycles. The highest BCUT2D eigenvalue weighted by Gasteiger charge is 2.20. The van der Waals surface area contributed by atoms with Gasteiger partial charge in [0.15, 0.2) is 10.6 Å². The number of anilines is 1. The SMILES string of the molecule is O=C(CCn1c(-c2cccs2)n[nH]c1=S)Nc1cccc(CN2CCCC2=O)c1. The van der Waals surface area contributed by atoms with Crippen LogP contribution in [0.1, 0.15) is 24.8 Å². The summed E-state index contributed by atoms with van der Waals surface area (Å²) in [5, 5.41) is 12.0. The average molecular weight is 428 g/mol. The molecule has 0 radical (unpaired) electrons. The molecule has 1 fully saturated rings. The van der Waals surface area contributed by atoms with Gasteiger partial charge in [0.05, 0.1) is 4.88 Å². The van der Waals surface area contributed by atoms with Crippen molar-refractivity contribution in [1.82, 2.24) is 19.7 Å². The Morgan fingerprint density at radius 1 is 1.31 bits per heavy atom. The van der Waals surface area contributed by atoms with Crippen LogP contribution in [0.25, 0.3) is 10.7 Å². The topological polar surface area (TPSA) is 83.0 Å². The number of nitrogens with zero attached hydrogens (tertiary/aromatic N) is 3. The molecule has 0 aliphatic carbocycles. The first-order valence-electron chi connectivity index (χ1n) is 9.46. The third kappa shape index (κ3) is 4.63. The van der Waals surface area contributed by atoms with E-state index in [4.69, 9.17) is 12.2 Å². The second-order valence-electron chi connectivity index (χ2n) is 6.90. The summed E-state index contributed by atoms with van der Waals surface area (Å²) in [7, 11) is 0. The van der Waals surface area contributed by atoms with E-state index in [2.05, 4.69) is 15.5 Å². The molecule has 150 valence electrons. The smallest absolute Gasteiger partial charge is 0.226 e. The van der Waals surface area contributed by atoms with Crippen molar-refractivity contribution in [1.29, 1.82) is 0 Å². The van der Waals surface area contributed by atoms with E-state index in [1.807, 2.05) is 51.2 Å². The number of carbonyl (C=O) groups is 2. The number of amides is 2. The fourth-order valence-electron chi connectivity index (χ4n) is 3.39. The maximum Gasteiger partial charge on any atom is 0.226 e. The van der Waals surface area contributed by atoms with Crippen LogP contribution in [-0.4, -0.2) is 38.0 Å². The van der Waals surface area contributed by atoms with Crippen LogP contribution < -0.4 is 5.32 Å². The van der Waals surface area contributed by atoms with Gasteiger partial charge in [-0.15, -0.1) is 11.3 Å². The predicted molar refractivity (Wildman–Crippen MR) is 115 cm³/mol. The minimum Gasteiger partial charge on any atom is -0.338 e. The van der Waals surface area contributed by atoms with Gasteiger partial charge >= 0.3 is 0 Å². The molecule has 3 aromatic rings. The highest BCUT2D eigenvalue weighted by atomic mass is 32.1. The molecule has 4 rings (SSSR count). The summed E-state index contributed by atoms with van der Waals surface area (Å²) in [5.74, 6) is 0.840. The number of aromatic amines is 1. The molecule has 1 aliphatic heterocycles. The fourth-order valence-corrected chi connectivity index (χ4v) is 4.34. The van der Waals surface area contributed by atoms with E-state index in [0.717, 1.165) is 34.9 Å². The van der Waals surface area contributed by atoms with Gasteiger partial charge in [-0.1, -0.05) is 18.2 Å². The normalized spacial score (nSPS) is 13.8. The molecule has 2 aromatic heterocycles. The molecular weight excluding hydrogens is 406 g/mol. The lowest BCUT2D eigenvalue weighted by Gasteiger charge is -2.16. The summed E-state index contributed by atoms with van der Waals surface area (Å²) in [6, 6.07) is 11.6. The second-order valence-corrected chi connectivity index (χ2v) is 8.23. The molecule has 0 spiro atoms. The minimum absolute atomic E-state index is 0.0976. The number of benzene rings is 1. The molecular formula is C20H21N5O2S2. The van der Waals surface area contributed by atoms with Crippen molar-refractivity contribution >= 4 is 41.1 Å². The van der Waals surface area contributed by atoms with Gasteiger partial charge in [-0.2, -0.15) is 5.10 Å². The van der Waals surface area contributed by atoms with Crippen LogP contribution in [0.15, 0.2) is 41.8 Å². The van der Waals surface area contributed by atoms with Gasteiger partial charge in [-0.25, -0.2) is 0 Å². The standard InChI is InChI=1S/C20H21N5O2S2/c26-17(8-10-25-19(22-23-20(25)28)16-6-3-11-29-16)21-15-5-1-4-14(12-15)13-24-9-2-7-18(24)27/h1,3-6,11-12H,2,7-10,13H2,(H,21,26)(H,23,28). The van der Waals surface area contributed by atoms with Crippen molar-refractivity contribution in [2.24, 2.45) is 0 Å². The zero-order valence-corrected chi connectivity index (χ0v) is 17.4. The molecule has 7 nitrogen and oxygen atoms in total. The third-order valence-electron chi connectivity index (χ3n) is 4.82. The summed E-state index contributed by atoms with van der Waals surface area (Å²) < 4.78 is 2.34. The van der Waals surface area contributed by atoms with Crippen molar-refractivity contribution in [3.63, 3.8) is 0 Å². The van der Waals surface area contributed by atoms with Crippen molar-refractivity contribution in [3.05, 3.63) is 52.1 Å². The van der Waals surface area contributed by atoms with Crippen LogP contribution in [0.5, 0.6) is 0 Å². The number of H-pyrrole nitrogens is 1. The Kier molecular flexibility index (Phi) is 5.86. The van der Waals surface area contributed by atoms with Gasteiger partial charge in [0.2, 0.25) is 11.8 Å². The van der Waals surface area contributed by atoms with Crippen LogP contribution in [0.2, 0.25) is 0 Å². The van der Waals surface area contributed by atoms with Crippen LogP contribution >= 0.6 is 23.6 Å². The van der Waals surface area contributed by atoms with Gasteiger partial charge in [-0.05, 0) is 47.8 Å².